The lowest BCUT2D eigenvalue weighted by Crippen LogP contribution is -2.40. The third-order valence-corrected chi connectivity index (χ3v) is 3.58. The third-order valence-electron chi connectivity index (χ3n) is 3.58. The Bertz CT molecular complexity index is 452. The fraction of sp³-hybridized carbons (Fsp3) is 0.500. The first kappa shape index (κ1) is 14.6. The van der Waals surface area contributed by atoms with Gasteiger partial charge in [-0.25, -0.2) is 0 Å². The second-order valence-electron chi connectivity index (χ2n) is 5.24. The summed E-state index contributed by atoms with van der Waals surface area (Å²) in [5.41, 5.74) is 0.705. The first-order valence-corrected chi connectivity index (χ1v) is 7.19. The monoisotopic (exact) mass is 275 g/mol. The van der Waals surface area contributed by atoms with E-state index in [9.17, 15) is 9.59 Å². The van der Waals surface area contributed by atoms with E-state index in [4.69, 9.17) is 4.74 Å². The van der Waals surface area contributed by atoms with E-state index in [0.29, 0.717) is 5.56 Å². The second kappa shape index (κ2) is 7.08. The quantitative estimate of drug-likeness (QED) is 0.860. The van der Waals surface area contributed by atoms with Crippen LogP contribution in [0, 0.1) is 0 Å². The van der Waals surface area contributed by atoms with Gasteiger partial charge in [-0.15, -0.1) is 0 Å². The standard InChI is InChI=1S/C16H21NO3/c1-12(18)20-15(13-8-4-2-5-9-13)16(19)17-14-10-6-3-7-11-14/h2,4-5,8-9,14-15H,3,6-7,10-11H2,1H3,(H,17,19)/t15-/m0/s1. The maximum atomic E-state index is 12.4. The number of amides is 1. The third kappa shape index (κ3) is 4.08. The van der Waals surface area contributed by atoms with Crippen LogP contribution in [0.15, 0.2) is 30.3 Å². The molecule has 4 nitrogen and oxygen atoms in total. The summed E-state index contributed by atoms with van der Waals surface area (Å²) in [7, 11) is 0. The molecule has 0 aromatic heterocycles. The van der Waals surface area contributed by atoms with Gasteiger partial charge in [-0.3, -0.25) is 9.59 Å². The van der Waals surface area contributed by atoms with Gasteiger partial charge in [0.1, 0.15) is 0 Å². The molecule has 1 fully saturated rings. The van der Waals surface area contributed by atoms with E-state index in [1.54, 1.807) is 12.1 Å². The van der Waals surface area contributed by atoms with E-state index in [1.165, 1.54) is 13.3 Å². The van der Waals surface area contributed by atoms with E-state index >= 15 is 0 Å². The molecule has 1 N–H and O–H groups in total. The minimum Gasteiger partial charge on any atom is -0.447 e. The van der Waals surface area contributed by atoms with Crippen LogP contribution in [0.4, 0.5) is 0 Å². The fourth-order valence-electron chi connectivity index (χ4n) is 2.59. The number of carbonyl (C=O) groups excluding carboxylic acids is 2. The van der Waals surface area contributed by atoms with Crippen molar-refractivity contribution in [1.29, 1.82) is 0 Å². The molecule has 1 atom stereocenters. The Labute approximate surface area is 119 Å². The van der Waals surface area contributed by atoms with Gasteiger partial charge in [0.2, 0.25) is 6.10 Å². The Hall–Kier alpha value is -1.84. The van der Waals surface area contributed by atoms with Crippen LogP contribution in [0.3, 0.4) is 0 Å². The van der Waals surface area contributed by atoms with Crippen molar-refractivity contribution >= 4 is 11.9 Å². The minimum absolute atomic E-state index is 0.207. The largest absolute Gasteiger partial charge is 0.447 e. The molecule has 0 radical (unpaired) electrons. The Morgan fingerprint density at radius 3 is 2.40 bits per heavy atom. The predicted molar refractivity (Wildman–Crippen MR) is 76.0 cm³/mol. The number of esters is 1. The number of rotatable bonds is 4. The Balaban J connectivity index is 2.05. The van der Waals surface area contributed by atoms with Crippen molar-refractivity contribution in [1.82, 2.24) is 5.32 Å². The average Bonchev–Trinajstić information content (AvgIpc) is 2.46. The van der Waals surface area contributed by atoms with Gasteiger partial charge >= 0.3 is 5.97 Å². The van der Waals surface area contributed by atoms with Gasteiger partial charge in [0, 0.05) is 18.5 Å². The second-order valence-corrected chi connectivity index (χ2v) is 5.24. The van der Waals surface area contributed by atoms with Gasteiger partial charge in [0.05, 0.1) is 0 Å². The smallest absolute Gasteiger partial charge is 0.303 e. The van der Waals surface area contributed by atoms with E-state index in [1.807, 2.05) is 18.2 Å². The topological polar surface area (TPSA) is 55.4 Å². The van der Waals surface area contributed by atoms with E-state index in [-0.39, 0.29) is 11.9 Å². The van der Waals surface area contributed by atoms with E-state index in [2.05, 4.69) is 5.32 Å². The highest BCUT2D eigenvalue weighted by molar-refractivity contribution is 5.84. The molecule has 0 saturated heterocycles. The molecule has 108 valence electrons. The lowest BCUT2D eigenvalue weighted by Gasteiger charge is -2.25. The maximum absolute atomic E-state index is 12.4. The average molecular weight is 275 g/mol. The highest BCUT2D eigenvalue weighted by atomic mass is 16.5. The summed E-state index contributed by atoms with van der Waals surface area (Å²) in [6.07, 6.45) is 4.69. The minimum atomic E-state index is -0.851. The molecular weight excluding hydrogens is 254 g/mol. The Morgan fingerprint density at radius 2 is 1.80 bits per heavy atom. The van der Waals surface area contributed by atoms with Crippen LogP contribution in [0.1, 0.15) is 50.7 Å². The molecule has 0 unspecified atom stereocenters. The van der Waals surface area contributed by atoms with E-state index in [0.717, 1.165) is 25.7 Å². The van der Waals surface area contributed by atoms with Gasteiger partial charge in [-0.1, -0.05) is 49.6 Å². The molecule has 1 aromatic carbocycles. The van der Waals surface area contributed by atoms with Crippen LogP contribution in [0.25, 0.3) is 0 Å². The lowest BCUT2D eigenvalue weighted by molar-refractivity contribution is -0.154. The lowest BCUT2D eigenvalue weighted by atomic mass is 9.95. The van der Waals surface area contributed by atoms with Gasteiger partial charge in [-0.05, 0) is 12.8 Å². The molecule has 0 aliphatic heterocycles. The maximum Gasteiger partial charge on any atom is 0.303 e. The fourth-order valence-corrected chi connectivity index (χ4v) is 2.59. The molecule has 1 aromatic rings. The summed E-state index contributed by atoms with van der Waals surface area (Å²) in [4.78, 5) is 23.6. The van der Waals surface area contributed by atoms with Crippen LogP contribution < -0.4 is 5.32 Å². The van der Waals surface area contributed by atoms with Crippen molar-refractivity contribution in [3.05, 3.63) is 35.9 Å². The first-order valence-electron chi connectivity index (χ1n) is 7.19. The van der Waals surface area contributed by atoms with Crippen molar-refractivity contribution < 1.29 is 14.3 Å². The SMILES string of the molecule is CC(=O)O[C@H](C(=O)NC1CCCCC1)c1ccccc1. The number of carbonyl (C=O) groups is 2. The van der Waals surface area contributed by atoms with Gasteiger partial charge in [-0.2, -0.15) is 0 Å². The summed E-state index contributed by atoms with van der Waals surface area (Å²) in [5, 5.41) is 3.01. The van der Waals surface area contributed by atoms with Crippen LogP contribution in [-0.2, 0) is 14.3 Å². The van der Waals surface area contributed by atoms with Gasteiger partial charge in [0.25, 0.3) is 5.91 Å². The summed E-state index contributed by atoms with van der Waals surface area (Å²) in [5.74, 6) is -0.670. The highest BCUT2D eigenvalue weighted by Crippen LogP contribution is 2.21. The Kier molecular flexibility index (Phi) is 5.16. The summed E-state index contributed by atoms with van der Waals surface area (Å²) < 4.78 is 5.19. The van der Waals surface area contributed by atoms with Crippen molar-refractivity contribution in [2.45, 2.75) is 51.2 Å². The van der Waals surface area contributed by atoms with E-state index < -0.39 is 12.1 Å². The first-order chi connectivity index (χ1) is 9.66. The molecule has 0 bridgehead atoms. The van der Waals surface area contributed by atoms with Crippen molar-refractivity contribution in [3.8, 4) is 0 Å². The molecule has 1 amide bonds. The van der Waals surface area contributed by atoms with Crippen LogP contribution in [-0.4, -0.2) is 17.9 Å². The van der Waals surface area contributed by atoms with Crippen molar-refractivity contribution in [2.24, 2.45) is 0 Å². The molecule has 1 saturated carbocycles. The summed E-state index contributed by atoms with van der Waals surface area (Å²) >= 11 is 0. The molecule has 1 aliphatic carbocycles. The zero-order chi connectivity index (χ0) is 14.4. The molecular formula is C16H21NO3. The molecule has 4 heteroatoms. The predicted octanol–water partition coefficient (Wildman–Crippen LogP) is 2.74. The molecule has 0 spiro atoms. The number of nitrogens with one attached hydrogen (secondary N) is 1. The van der Waals surface area contributed by atoms with Crippen LogP contribution in [0.2, 0.25) is 0 Å². The Morgan fingerprint density at radius 1 is 1.15 bits per heavy atom. The van der Waals surface area contributed by atoms with Gasteiger partial charge < -0.3 is 10.1 Å². The summed E-state index contributed by atoms with van der Waals surface area (Å²) in [6, 6.07) is 9.34. The molecule has 2 rings (SSSR count). The zero-order valence-electron chi connectivity index (χ0n) is 11.8. The molecule has 1 aliphatic rings. The molecule has 20 heavy (non-hydrogen) atoms. The van der Waals surface area contributed by atoms with Gasteiger partial charge in [0.15, 0.2) is 0 Å². The zero-order valence-corrected chi connectivity index (χ0v) is 11.8. The number of benzene rings is 1. The number of hydrogen-bond donors (Lipinski definition) is 1. The number of hydrogen-bond acceptors (Lipinski definition) is 3. The van der Waals surface area contributed by atoms with Crippen LogP contribution in [0.5, 0.6) is 0 Å². The highest BCUT2D eigenvalue weighted by Gasteiger charge is 2.26. The van der Waals surface area contributed by atoms with Crippen LogP contribution >= 0.6 is 0 Å². The van der Waals surface area contributed by atoms with Crippen molar-refractivity contribution in [2.75, 3.05) is 0 Å². The normalized spacial score (nSPS) is 17.2. The number of ether oxygens (including phenoxy) is 1. The van der Waals surface area contributed by atoms with Crippen molar-refractivity contribution in [3.63, 3.8) is 0 Å². The summed E-state index contributed by atoms with van der Waals surface area (Å²) in [6.45, 7) is 1.32. The molecule has 0 heterocycles.